The number of benzene rings is 1. The van der Waals surface area contributed by atoms with Gasteiger partial charge >= 0.3 is 5.97 Å². The normalized spacial score (nSPS) is 22.8. The molecule has 0 aliphatic carbocycles. The zero-order valence-corrected chi connectivity index (χ0v) is 14.2. The van der Waals surface area contributed by atoms with Crippen molar-refractivity contribution in [1.82, 2.24) is 4.90 Å². The number of ether oxygens (including phenoxy) is 2. The fourth-order valence-electron chi connectivity index (χ4n) is 3.44. The maximum absolute atomic E-state index is 12.8. The number of rotatable bonds is 6. The van der Waals surface area contributed by atoms with Gasteiger partial charge in [-0.05, 0) is 31.7 Å². The molecule has 0 N–H and O–H groups in total. The number of carbonyl (C=O) groups excluding carboxylic acids is 2. The Balaban J connectivity index is 1.64. The van der Waals surface area contributed by atoms with Crippen LogP contribution in [0.5, 0.6) is 0 Å². The standard InChI is InChI=1S/C19H25NO4/c1-2-10-20(13-14-7-5-6-11-23-14)18(21)12-17-15-8-3-4-9-16(15)19(22)24-17/h3-4,8-9,14,17H,2,5-7,10-13H2,1H3. The van der Waals surface area contributed by atoms with E-state index in [0.29, 0.717) is 18.7 Å². The Morgan fingerprint density at radius 2 is 2.12 bits per heavy atom. The first-order valence-corrected chi connectivity index (χ1v) is 8.88. The van der Waals surface area contributed by atoms with Crippen LogP contribution in [0.2, 0.25) is 0 Å². The van der Waals surface area contributed by atoms with Gasteiger partial charge in [0, 0.05) is 25.3 Å². The number of fused-ring (bicyclic) bond motifs is 1. The number of carbonyl (C=O) groups is 2. The van der Waals surface area contributed by atoms with E-state index in [2.05, 4.69) is 6.92 Å². The first-order valence-electron chi connectivity index (χ1n) is 8.88. The predicted octanol–water partition coefficient (Wildman–Crippen LogP) is 3.10. The Morgan fingerprint density at radius 3 is 2.88 bits per heavy atom. The lowest BCUT2D eigenvalue weighted by atomic mass is 10.0. The van der Waals surface area contributed by atoms with Crippen LogP contribution in [0.15, 0.2) is 24.3 Å². The third-order valence-corrected chi connectivity index (χ3v) is 4.68. The van der Waals surface area contributed by atoms with Crippen LogP contribution in [0.4, 0.5) is 0 Å². The maximum Gasteiger partial charge on any atom is 0.339 e. The minimum Gasteiger partial charge on any atom is -0.453 e. The second kappa shape index (κ2) is 7.79. The van der Waals surface area contributed by atoms with E-state index in [0.717, 1.165) is 37.9 Å². The van der Waals surface area contributed by atoms with Gasteiger partial charge in [0.25, 0.3) is 0 Å². The molecular formula is C19H25NO4. The SMILES string of the molecule is CCCN(CC1CCCCO1)C(=O)CC1OC(=O)c2ccccc21. The Bertz CT molecular complexity index is 595. The van der Waals surface area contributed by atoms with Crippen molar-refractivity contribution in [2.24, 2.45) is 0 Å². The van der Waals surface area contributed by atoms with Crippen LogP contribution in [0.3, 0.4) is 0 Å². The zero-order chi connectivity index (χ0) is 16.9. The van der Waals surface area contributed by atoms with Crippen molar-refractivity contribution in [2.45, 2.75) is 51.2 Å². The summed E-state index contributed by atoms with van der Waals surface area (Å²) < 4.78 is 11.2. The number of esters is 1. The number of hydrogen-bond donors (Lipinski definition) is 0. The number of hydrogen-bond acceptors (Lipinski definition) is 4. The summed E-state index contributed by atoms with van der Waals surface area (Å²) in [6, 6.07) is 7.31. The molecule has 0 spiro atoms. The van der Waals surface area contributed by atoms with Crippen molar-refractivity contribution in [3.63, 3.8) is 0 Å². The van der Waals surface area contributed by atoms with Crippen molar-refractivity contribution < 1.29 is 19.1 Å². The molecule has 0 saturated carbocycles. The minimum atomic E-state index is -0.465. The average molecular weight is 331 g/mol. The molecule has 5 nitrogen and oxygen atoms in total. The van der Waals surface area contributed by atoms with Gasteiger partial charge in [-0.25, -0.2) is 4.79 Å². The number of amides is 1. The highest BCUT2D eigenvalue weighted by atomic mass is 16.5. The molecule has 2 aliphatic rings. The molecule has 24 heavy (non-hydrogen) atoms. The van der Waals surface area contributed by atoms with E-state index in [4.69, 9.17) is 9.47 Å². The van der Waals surface area contributed by atoms with Crippen LogP contribution in [0.25, 0.3) is 0 Å². The van der Waals surface area contributed by atoms with E-state index < -0.39 is 6.10 Å². The van der Waals surface area contributed by atoms with Crippen molar-refractivity contribution in [3.8, 4) is 0 Å². The molecule has 2 heterocycles. The molecule has 1 amide bonds. The van der Waals surface area contributed by atoms with E-state index in [9.17, 15) is 9.59 Å². The summed E-state index contributed by atoms with van der Waals surface area (Å²) in [5.74, 6) is -0.304. The quantitative estimate of drug-likeness (QED) is 0.752. The molecule has 3 rings (SSSR count). The summed E-state index contributed by atoms with van der Waals surface area (Å²) in [5.41, 5.74) is 1.40. The zero-order valence-electron chi connectivity index (χ0n) is 14.2. The molecule has 2 aliphatic heterocycles. The van der Waals surface area contributed by atoms with Crippen LogP contribution < -0.4 is 0 Å². The van der Waals surface area contributed by atoms with Gasteiger partial charge in [0.15, 0.2) is 0 Å². The Kier molecular flexibility index (Phi) is 5.51. The molecule has 130 valence electrons. The van der Waals surface area contributed by atoms with Crippen molar-refractivity contribution in [1.29, 1.82) is 0 Å². The van der Waals surface area contributed by atoms with Gasteiger partial charge in [-0.2, -0.15) is 0 Å². The van der Waals surface area contributed by atoms with Crippen LogP contribution in [0, 0.1) is 0 Å². The van der Waals surface area contributed by atoms with Crippen LogP contribution in [-0.2, 0) is 14.3 Å². The van der Waals surface area contributed by atoms with Crippen LogP contribution in [-0.4, -0.2) is 42.6 Å². The van der Waals surface area contributed by atoms with E-state index >= 15 is 0 Å². The molecule has 2 unspecified atom stereocenters. The summed E-state index contributed by atoms with van der Waals surface area (Å²) in [6.07, 6.45) is 4.05. The molecule has 0 aromatic heterocycles. The predicted molar refractivity (Wildman–Crippen MR) is 89.7 cm³/mol. The second-order valence-electron chi connectivity index (χ2n) is 6.51. The lowest BCUT2D eigenvalue weighted by molar-refractivity contribution is -0.136. The van der Waals surface area contributed by atoms with E-state index in [1.54, 1.807) is 6.07 Å². The summed E-state index contributed by atoms with van der Waals surface area (Å²) in [5, 5.41) is 0. The molecule has 1 aromatic carbocycles. The Hall–Kier alpha value is -1.88. The van der Waals surface area contributed by atoms with Gasteiger partial charge in [-0.3, -0.25) is 4.79 Å². The minimum absolute atomic E-state index is 0.0283. The molecule has 0 radical (unpaired) electrons. The third kappa shape index (κ3) is 3.78. The highest BCUT2D eigenvalue weighted by Crippen LogP contribution is 2.33. The van der Waals surface area contributed by atoms with Gasteiger partial charge in [-0.1, -0.05) is 25.1 Å². The Labute approximate surface area is 142 Å². The molecule has 5 heteroatoms. The topological polar surface area (TPSA) is 55.8 Å². The second-order valence-corrected chi connectivity index (χ2v) is 6.51. The average Bonchev–Trinajstić information content (AvgIpc) is 2.92. The van der Waals surface area contributed by atoms with Crippen LogP contribution >= 0.6 is 0 Å². The van der Waals surface area contributed by atoms with E-state index in [1.807, 2.05) is 23.1 Å². The summed E-state index contributed by atoms with van der Waals surface area (Å²) in [4.78, 5) is 26.5. The smallest absolute Gasteiger partial charge is 0.339 e. The molecular weight excluding hydrogens is 306 g/mol. The summed E-state index contributed by atoms with van der Waals surface area (Å²) in [7, 11) is 0. The van der Waals surface area contributed by atoms with E-state index in [1.165, 1.54) is 0 Å². The van der Waals surface area contributed by atoms with Crippen LogP contribution in [0.1, 0.15) is 61.1 Å². The van der Waals surface area contributed by atoms with Crippen molar-refractivity contribution in [3.05, 3.63) is 35.4 Å². The van der Waals surface area contributed by atoms with Gasteiger partial charge < -0.3 is 14.4 Å². The van der Waals surface area contributed by atoms with Gasteiger partial charge in [0.1, 0.15) is 6.10 Å². The Morgan fingerprint density at radius 1 is 1.29 bits per heavy atom. The fourth-order valence-corrected chi connectivity index (χ4v) is 3.44. The molecule has 2 atom stereocenters. The number of cyclic esters (lactones) is 1. The third-order valence-electron chi connectivity index (χ3n) is 4.68. The summed E-state index contributed by atoms with van der Waals surface area (Å²) >= 11 is 0. The fraction of sp³-hybridized carbons (Fsp3) is 0.579. The number of nitrogens with zero attached hydrogens (tertiary/aromatic N) is 1. The highest BCUT2D eigenvalue weighted by Gasteiger charge is 2.33. The first kappa shape index (κ1) is 17.0. The monoisotopic (exact) mass is 331 g/mol. The van der Waals surface area contributed by atoms with Crippen molar-refractivity contribution >= 4 is 11.9 Å². The summed E-state index contributed by atoms with van der Waals surface area (Å²) in [6.45, 7) is 4.19. The van der Waals surface area contributed by atoms with Gasteiger partial charge in [-0.15, -0.1) is 0 Å². The lowest BCUT2D eigenvalue weighted by Gasteiger charge is -2.30. The molecule has 0 bridgehead atoms. The molecule has 1 fully saturated rings. The highest BCUT2D eigenvalue weighted by molar-refractivity contribution is 5.94. The molecule has 1 aromatic rings. The molecule has 1 saturated heterocycles. The van der Waals surface area contributed by atoms with E-state index in [-0.39, 0.29) is 24.4 Å². The van der Waals surface area contributed by atoms with Gasteiger partial charge in [0.05, 0.1) is 18.1 Å². The van der Waals surface area contributed by atoms with Crippen molar-refractivity contribution in [2.75, 3.05) is 19.7 Å². The van der Waals surface area contributed by atoms with Gasteiger partial charge in [0.2, 0.25) is 5.91 Å². The lowest BCUT2D eigenvalue weighted by Crippen LogP contribution is -2.40. The first-order chi connectivity index (χ1) is 11.7. The largest absolute Gasteiger partial charge is 0.453 e. The maximum atomic E-state index is 12.8.